The molecule has 0 aliphatic carbocycles. The van der Waals surface area contributed by atoms with Gasteiger partial charge in [-0.2, -0.15) is 0 Å². The van der Waals surface area contributed by atoms with Gasteiger partial charge < -0.3 is 19.6 Å². The van der Waals surface area contributed by atoms with Crippen LogP contribution in [0.3, 0.4) is 0 Å². The normalized spacial score (nSPS) is 15.3. The first-order valence-corrected chi connectivity index (χ1v) is 7.14. The molecule has 0 heterocycles. The first-order valence-electron chi connectivity index (χ1n) is 4.08. The van der Waals surface area contributed by atoms with Crippen LogP contribution in [0.2, 0.25) is 0 Å². The van der Waals surface area contributed by atoms with Gasteiger partial charge in [0, 0.05) is 0 Å². The Hall–Kier alpha value is 0.220. The fraction of sp³-hybridized carbons (Fsp3) is 1.00. The molecule has 15 heavy (non-hydrogen) atoms. The summed E-state index contributed by atoms with van der Waals surface area (Å²) in [5.74, 6) is 0. The largest absolute Gasteiger partial charge is 0.469 e. The highest BCUT2D eigenvalue weighted by molar-refractivity contribution is 7.46. The summed E-state index contributed by atoms with van der Waals surface area (Å²) in [4.78, 5) is 33.6. The highest BCUT2D eigenvalue weighted by atomic mass is 31.2. The minimum atomic E-state index is -4.57. The summed E-state index contributed by atoms with van der Waals surface area (Å²) < 4.78 is 29.1. The average Bonchev–Trinajstić information content (AvgIpc) is 1.97. The molecule has 0 bridgehead atoms. The van der Waals surface area contributed by atoms with Crippen molar-refractivity contribution in [3.63, 3.8) is 0 Å². The second-order valence-electron chi connectivity index (χ2n) is 2.74. The smallest absolute Gasteiger partial charge is 0.303 e. The Bertz CT molecular complexity index is 266. The van der Waals surface area contributed by atoms with Gasteiger partial charge >= 0.3 is 15.6 Å². The Morgan fingerprint density at radius 3 is 2.00 bits per heavy atom. The predicted molar refractivity (Wildman–Crippen MR) is 49.8 cm³/mol. The lowest BCUT2D eigenvalue weighted by atomic mass is 10.2. The van der Waals surface area contributed by atoms with Gasteiger partial charge in [-0.15, -0.1) is 0 Å². The molecular weight excluding hydrogens is 250 g/mol. The van der Waals surface area contributed by atoms with Crippen LogP contribution in [0.15, 0.2) is 0 Å². The molecular formula is C5H14O8P2. The van der Waals surface area contributed by atoms with Crippen LogP contribution in [-0.4, -0.2) is 32.3 Å². The summed E-state index contributed by atoms with van der Waals surface area (Å²) in [5.41, 5.74) is 0. The zero-order valence-corrected chi connectivity index (χ0v) is 9.80. The van der Waals surface area contributed by atoms with Crippen LogP contribution in [0, 0.1) is 0 Å². The molecule has 92 valence electrons. The third-order valence-corrected chi connectivity index (χ3v) is 2.53. The highest BCUT2D eigenvalue weighted by Crippen LogP contribution is 2.40. The van der Waals surface area contributed by atoms with Crippen LogP contribution in [0.1, 0.15) is 19.8 Å². The van der Waals surface area contributed by atoms with Crippen LogP contribution < -0.4 is 0 Å². The minimum Gasteiger partial charge on any atom is -0.303 e. The van der Waals surface area contributed by atoms with E-state index in [9.17, 15) is 9.13 Å². The second-order valence-corrected chi connectivity index (χ2v) is 5.17. The zero-order chi connectivity index (χ0) is 12.1. The van der Waals surface area contributed by atoms with Crippen LogP contribution >= 0.6 is 15.6 Å². The fourth-order valence-corrected chi connectivity index (χ4v) is 1.81. The van der Waals surface area contributed by atoms with Crippen LogP contribution in [0.25, 0.3) is 0 Å². The maximum Gasteiger partial charge on any atom is 0.469 e. The molecule has 1 unspecified atom stereocenters. The van der Waals surface area contributed by atoms with Gasteiger partial charge in [-0.3, -0.25) is 9.05 Å². The van der Waals surface area contributed by atoms with E-state index in [0.29, 0.717) is 6.42 Å². The first kappa shape index (κ1) is 15.2. The minimum absolute atomic E-state index is 0.00722. The first-order chi connectivity index (χ1) is 6.64. The number of hydrogen-bond donors (Lipinski definition) is 4. The van der Waals surface area contributed by atoms with Gasteiger partial charge in [0.25, 0.3) is 0 Å². The van der Waals surface area contributed by atoms with Gasteiger partial charge in [-0.1, -0.05) is 6.92 Å². The van der Waals surface area contributed by atoms with Crippen molar-refractivity contribution in [3.05, 3.63) is 0 Å². The van der Waals surface area contributed by atoms with Gasteiger partial charge in [-0.05, 0) is 12.8 Å². The maximum absolute atomic E-state index is 10.4. The molecule has 0 aliphatic heterocycles. The van der Waals surface area contributed by atoms with E-state index in [1.54, 1.807) is 6.92 Å². The number of rotatable bonds is 7. The fourth-order valence-electron chi connectivity index (χ4n) is 0.829. The third-order valence-electron chi connectivity index (χ3n) is 1.44. The summed E-state index contributed by atoms with van der Waals surface area (Å²) in [5, 5.41) is 0. The Labute approximate surface area is 86.7 Å². The van der Waals surface area contributed by atoms with Crippen molar-refractivity contribution in [3.8, 4) is 0 Å². The molecule has 0 spiro atoms. The summed E-state index contributed by atoms with van der Waals surface area (Å²) in [6.07, 6.45) is -0.500. The molecule has 4 N–H and O–H groups in total. The van der Waals surface area contributed by atoms with Crippen molar-refractivity contribution >= 4 is 15.6 Å². The van der Waals surface area contributed by atoms with Crippen molar-refractivity contribution in [1.29, 1.82) is 0 Å². The van der Waals surface area contributed by atoms with Gasteiger partial charge in [0.15, 0.2) is 0 Å². The van der Waals surface area contributed by atoms with E-state index in [4.69, 9.17) is 19.6 Å². The lowest BCUT2D eigenvalue weighted by molar-refractivity contribution is 0.102. The van der Waals surface area contributed by atoms with E-state index in [0.717, 1.165) is 0 Å². The van der Waals surface area contributed by atoms with E-state index < -0.39 is 21.7 Å². The van der Waals surface area contributed by atoms with Crippen molar-refractivity contribution in [1.82, 2.24) is 0 Å². The van der Waals surface area contributed by atoms with Crippen molar-refractivity contribution in [2.75, 3.05) is 6.61 Å². The third kappa shape index (κ3) is 10.5. The topological polar surface area (TPSA) is 134 Å². The lowest BCUT2D eigenvalue weighted by Crippen LogP contribution is -2.12. The van der Waals surface area contributed by atoms with E-state index in [-0.39, 0.29) is 13.0 Å². The van der Waals surface area contributed by atoms with Crippen molar-refractivity contribution in [2.24, 2.45) is 0 Å². The van der Waals surface area contributed by atoms with Gasteiger partial charge in [0.2, 0.25) is 0 Å². The number of hydrogen-bond acceptors (Lipinski definition) is 4. The van der Waals surface area contributed by atoms with Crippen LogP contribution in [0.4, 0.5) is 0 Å². The molecule has 0 fully saturated rings. The number of phosphoric acid groups is 2. The summed E-state index contributed by atoms with van der Waals surface area (Å²) in [6, 6.07) is 0. The molecule has 0 aromatic carbocycles. The lowest BCUT2D eigenvalue weighted by Gasteiger charge is -2.16. The highest BCUT2D eigenvalue weighted by Gasteiger charge is 2.22. The molecule has 0 saturated heterocycles. The summed E-state index contributed by atoms with van der Waals surface area (Å²) in [7, 11) is -9.10. The SMILES string of the molecule is CCC(CCOP(=O)(O)O)OP(=O)(O)O. The van der Waals surface area contributed by atoms with Crippen molar-refractivity contribution < 1.29 is 37.8 Å². The molecule has 10 heteroatoms. The second kappa shape index (κ2) is 6.08. The van der Waals surface area contributed by atoms with Crippen LogP contribution in [0.5, 0.6) is 0 Å². The Balaban J connectivity index is 3.92. The molecule has 1 atom stereocenters. The average molecular weight is 264 g/mol. The van der Waals surface area contributed by atoms with Crippen molar-refractivity contribution in [2.45, 2.75) is 25.9 Å². The van der Waals surface area contributed by atoms with Crippen LogP contribution in [-0.2, 0) is 18.2 Å². The quantitative estimate of drug-likeness (QED) is 0.484. The van der Waals surface area contributed by atoms with E-state index in [1.807, 2.05) is 0 Å². The number of phosphoric ester groups is 2. The predicted octanol–water partition coefficient (Wildman–Crippen LogP) is 0.374. The van der Waals surface area contributed by atoms with Gasteiger partial charge in [-0.25, -0.2) is 9.13 Å². The summed E-state index contributed by atoms with van der Waals surface area (Å²) in [6.45, 7) is 1.29. The monoisotopic (exact) mass is 264 g/mol. The standard InChI is InChI=1S/C5H14O8P2/c1-2-5(13-15(9,10)11)3-4-12-14(6,7)8/h5H,2-4H2,1H3,(H2,6,7,8)(H2,9,10,11). The molecule has 0 rings (SSSR count). The molecule has 0 radical (unpaired) electrons. The van der Waals surface area contributed by atoms with E-state index >= 15 is 0 Å². The molecule has 0 amide bonds. The molecule has 0 aromatic heterocycles. The molecule has 0 aromatic rings. The van der Waals surface area contributed by atoms with Gasteiger partial charge in [0.05, 0.1) is 12.7 Å². The Morgan fingerprint density at radius 2 is 1.67 bits per heavy atom. The molecule has 8 nitrogen and oxygen atoms in total. The molecule has 0 aliphatic rings. The Morgan fingerprint density at radius 1 is 1.13 bits per heavy atom. The molecule has 0 saturated carbocycles. The van der Waals surface area contributed by atoms with Gasteiger partial charge in [0.1, 0.15) is 0 Å². The Kier molecular flexibility index (Phi) is 6.17. The summed E-state index contributed by atoms with van der Waals surface area (Å²) >= 11 is 0. The van der Waals surface area contributed by atoms with E-state index in [2.05, 4.69) is 9.05 Å². The zero-order valence-electron chi connectivity index (χ0n) is 8.01. The van der Waals surface area contributed by atoms with E-state index in [1.165, 1.54) is 0 Å². The maximum atomic E-state index is 10.4.